The standard InChI is InChI=1S/C21H23FN10O/c22-13-7-12(18(24)33)20(31-21(13)28-15-4-2-1-3-14(15)23)29-16-8-17(32-10-25-9-27-32)30-19-11(16)5-6-26-19/h5-10,14-15H,1-4,23H2,(H2,24,33)(H3,26,28,29,30,31)/t14-,15+/m0/s1. The highest BCUT2D eigenvalue weighted by Crippen LogP contribution is 2.30. The van der Waals surface area contributed by atoms with Crippen LogP contribution in [0.2, 0.25) is 0 Å². The van der Waals surface area contributed by atoms with Gasteiger partial charge in [-0.05, 0) is 25.0 Å². The molecule has 0 aromatic carbocycles. The minimum Gasteiger partial charge on any atom is -0.365 e. The monoisotopic (exact) mass is 450 g/mol. The Morgan fingerprint density at radius 1 is 1.21 bits per heavy atom. The van der Waals surface area contributed by atoms with Gasteiger partial charge in [-0.2, -0.15) is 5.10 Å². The van der Waals surface area contributed by atoms with Gasteiger partial charge in [0.25, 0.3) is 5.91 Å². The van der Waals surface area contributed by atoms with Gasteiger partial charge in [-0.1, -0.05) is 12.8 Å². The van der Waals surface area contributed by atoms with Crippen LogP contribution in [-0.4, -0.2) is 47.7 Å². The number of halogens is 1. The highest BCUT2D eigenvalue weighted by Gasteiger charge is 2.25. The van der Waals surface area contributed by atoms with E-state index in [4.69, 9.17) is 11.5 Å². The Kier molecular flexibility index (Phi) is 5.34. The minimum atomic E-state index is -0.805. The summed E-state index contributed by atoms with van der Waals surface area (Å²) in [6, 6.07) is 4.43. The number of anilines is 3. The molecule has 12 heteroatoms. The maximum absolute atomic E-state index is 14.8. The summed E-state index contributed by atoms with van der Waals surface area (Å²) < 4.78 is 16.3. The van der Waals surface area contributed by atoms with E-state index >= 15 is 0 Å². The molecule has 33 heavy (non-hydrogen) atoms. The zero-order valence-electron chi connectivity index (χ0n) is 17.6. The van der Waals surface area contributed by atoms with Gasteiger partial charge in [0.05, 0.1) is 11.3 Å². The lowest BCUT2D eigenvalue weighted by atomic mass is 9.91. The van der Waals surface area contributed by atoms with Crippen molar-refractivity contribution in [3.05, 3.63) is 48.4 Å². The Labute approximate surface area is 187 Å². The number of hydrogen-bond acceptors (Lipinski definition) is 8. The Morgan fingerprint density at radius 3 is 2.82 bits per heavy atom. The van der Waals surface area contributed by atoms with E-state index in [0.717, 1.165) is 37.1 Å². The number of fused-ring (bicyclic) bond motifs is 1. The number of amides is 1. The molecule has 4 aromatic rings. The number of hydrogen-bond donors (Lipinski definition) is 5. The number of aromatic nitrogens is 6. The maximum Gasteiger partial charge on any atom is 0.252 e. The van der Waals surface area contributed by atoms with Gasteiger partial charge in [-0.15, -0.1) is 0 Å². The van der Waals surface area contributed by atoms with Crippen LogP contribution < -0.4 is 22.1 Å². The summed E-state index contributed by atoms with van der Waals surface area (Å²) in [6.45, 7) is 0. The smallest absolute Gasteiger partial charge is 0.252 e. The van der Waals surface area contributed by atoms with Gasteiger partial charge < -0.3 is 27.1 Å². The third-order valence-electron chi connectivity index (χ3n) is 5.80. The zero-order valence-corrected chi connectivity index (χ0v) is 17.6. The van der Waals surface area contributed by atoms with E-state index in [-0.39, 0.29) is 29.3 Å². The molecule has 11 nitrogen and oxygen atoms in total. The van der Waals surface area contributed by atoms with Crippen molar-refractivity contribution >= 4 is 34.3 Å². The van der Waals surface area contributed by atoms with Crippen molar-refractivity contribution in [2.75, 3.05) is 10.6 Å². The average molecular weight is 450 g/mol. The number of rotatable bonds is 6. The Balaban J connectivity index is 1.55. The van der Waals surface area contributed by atoms with Crippen LogP contribution >= 0.6 is 0 Å². The predicted molar refractivity (Wildman–Crippen MR) is 121 cm³/mol. The average Bonchev–Trinajstić information content (AvgIpc) is 3.49. The zero-order chi connectivity index (χ0) is 22.9. The van der Waals surface area contributed by atoms with Crippen LogP contribution in [0.25, 0.3) is 16.9 Å². The molecular formula is C21H23FN10O. The van der Waals surface area contributed by atoms with Crippen LogP contribution in [0.3, 0.4) is 0 Å². The predicted octanol–water partition coefficient (Wildman–Crippen LogP) is 2.20. The van der Waals surface area contributed by atoms with Gasteiger partial charge in [-0.25, -0.2) is 24.0 Å². The number of nitrogens with zero attached hydrogens (tertiary/aromatic N) is 5. The van der Waals surface area contributed by atoms with E-state index in [2.05, 4.69) is 35.7 Å². The van der Waals surface area contributed by atoms with Crippen LogP contribution in [0.5, 0.6) is 0 Å². The van der Waals surface area contributed by atoms with Crippen molar-refractivity contribution in [3.8, 4) is 5.82 Å². The Bertz CT molecular complexity index is 1300. The summed E-state index contributed by atoms with van der Waals surface area (Å²) in [5.74, 6) is -0.855. The second kappa shape index (κ2) is 8.47. The lowest BCUT2D eigenvalue weighted by molar-refractivity contribution is 0.100. The first kappa shape index (κ1) is 20.8. The number of carbonyl (C=O) groups is 1. The first-order chi connectivity index (χ1) is 16.0. The lowest BCUT2D eigenvalue weighted by Crippen LogP contribution is -2.43. The molecule has 0 spiro atoms. The molecule has 1 saturated carbocycles. The van der Waals surface area contributed by atoms with Gasteiger partial charge in [0.2, 0.25) is 0 Å². The molecule has 4 aromatic heterocycles. The molecule has 2 atom stereocenters. The van der Waals surface area contributed by atoms with Gasteiger partial charge in [0.1, 0.15) is 24.1 Å². The van der Waals surface area contributed by atoms with Gasteiger partial charge in [-0.3, -0.25) is 4.79 Å². The maximum atomic E-state index is 14.8. The third kappa shape index (κ3) is 4.07. The number of carbonyl (C=O) groups excluding carboxylic acids is 1. The van der Waals surface area contributed by atoms with Gasteiger partial charge in [0, 0.05) is 29.7 Å². The second-order valence-corrected chi connectivity index (χ2v) is 8.01. The lowest BCUT2D eigenvalue weighted by Gasteiger charge is -2.30. The number of H-pyrrole nitrogens is 1. The fourth-order valence-electron chi connectivity index (χ4n) is 4.09. The molecule has 0 bridgehead atoms. The van der Waals surface area contributed by atoms with Crippen LogP contribution in [0.4, 0.5) is 21.7 Å². The highest BCUT2D eigenvalue weighted by molar-refractivity contribution is 6.00. The highest BCUT2D eigenvalue weighted by atomic mass is 19.1. The molecule has 1 fully saturated rings. The summed E-state index contributed by atoms with van der Waals surface area (Å²) in [6.07, 6.45) is 8.38. The van der Waals surface area contributed by atoms with E-state index in [9.17, 15) is 9.18 Å². The topological polar surface area (TPSA) is 165 Å². The van der Waals surface area contributed by atoms with E-state index in [1.165, 1.54) is 17.3 Å². The van der Waals surface area contributed by atoms with Crippen LogP contribution in [0.1, 0.15) is 36.0 Å². The van der Waals surface area contributed by atoms with Crippen molar-refractivity contribution in [1.29, 1.82) is 0 Å². The fraction of sp³-hybridized carbons (Fsp3) is 0.286. The molecule has 5 rings (SSSR count). The van der Waals surface area contributed by atoms with Crippen LogP contribution in [0, 0.1) is 5.82 Å². The van der Waals surface area contributed by atoms with E-state index in [1.807, 2.05) is 6.07 Å². The Hall–Kier alpha value is -4.06. The van der Waals surface area contributed by atoms with Crippen molar-refractivity contribution in [2.24, 2.45) is 11.5 Å². The van der Waals surface area contributed by atoms with E-state index < -0.39 is 11.7 Å². The molecule has 0 saturated heterocycles. The Morgan fingerprint density at radius 2 is 2.06 bits per heavy atom. The summed E-state index contributed by atoms with van der Waals surface area (Å²) >= 11 is 0. The van der Waals surface area contributed by atoms with Crippen molar-refractivity contribution < 1.29 is 9.18 Å². The van der Waals surface area contributed by atoms with Crippen LogP contribution in [0.15, 0.2) is 37.1 Å². The van der Waals surface area contributed by atoms with Crippen molar-refractivity contribution in [2.45, 2.75) is 37.8 Å². The summed E-state index contributed by atoms with van der Waals surface area (Å²) in [7, 11) is 0. The van der Waals surface area contributed by atoms with Crippen molar-refractivity contribution in [1.82, 2.24) is 29.7 Å². The van der Waals surface area contributed by atoms with E-state index in [0.29, 0.717) is 17.2 Å². The first-order valence-electron chi connectivity index (χ1n) is 10.6. The number of nitrogens with two attached hydrogens (primary N) is 2. The number of aromatic amines is 1. The number of primary amides is 1. The number of pyridine rings is 2. The summed E-state index contributed by atoms with van der Waals surface area (Å²) in [4.78, 5) is 28.0. The number of nitrogens with one attached hydrogen (secondary N) is 3. The normalized spacial score (nSPS) is 18.4. The molecule has 1 aliphatic carbocycles. The van der Waals surface area contributed by atoms with Gasteiger partial charge >= 0.3 is 0 Å². The molecule has 4 heterocycles. The largest absolute Gasteiger partial charge is 0.365 e. The van der Waals surface area contributed by atoms with Crippen LogP contribution in [-0.2, 0) is 0 Å². The molecule has 0 aliphatic heterocycles. The molecule has 7 N–H and O–H groups in total. The van der Waals surface area contributed by atoms with E-state index in [1.54, 1.807) is 12.3 Å². The SMILES string of the molecule is NC(=O)c1cc(F)c(N[C@@H]2CCCC[C@@H]2N)nc1Nc1cc(-n2cncn2)nc2[nH]ccc12. The van der Waals surface area contributed by atoms with Crippen molar-refractivity contribution in [3.63, 3.8) is 0 Å². The molecule has 1 amide bonds. The molecule has 0 radical (unpaired) electrons. The second-order valence-electron chi connectivity index (χ2n) is 8.01. The summed E-state index contributed by atoms with van der Waals surface area (Å²) in [5, 5.41) is 11.1. The van der Waals surface area contributed by atoms with Gasteiger partial charge in [0.15, 0.2) is 17.5 Å². The minimum absolute atomic E-state index is 0.0146. The fourth-order valence-corrected chi connectivity index (χ4v) is 4.09. The summed E-state index contributed by atoms with van der Waals surface area (Å²) in [5.41, 5.74) is 12.8. The molecule has 170 valence electrons. The molecule has 0 unspecified atom stereocenters. The molecule has 1 aliphatic rings. The quantitative estimate of drug-likeness (QED) is 0.298. The molecular weight excluding hydrogens is 427 g/mol. The first-order valence-corrected chi connectivity index (χ1v) is 10.6. The third-order valence-corrected chi connectivity index (χ3v) is 5.80.